The number of nitrogens with one attached hydrogen (secondary N) is 2. The molecule has 0 fully saturated rings. The standard InChI is InChI=1S/C15H15N3O5/c1-2-3-13(19)16-10-4-6-11(7-5-10)17-15(20)12-8-9-14(23-12)18(21)22/h4-9H,2-3H2,1H3,(H,16,19)(H,17,20). The molecule has 0 atom stereocenters. The Morgan fingerprint density at radius 1 is 1.09 bits per heavy atom. The number of amides is 2. The quantitative estimate of drug-likeness (QED) is 0.627. The van der Waals surface area contributed by atoms with Crippen LogP contribution >= 0.6 is 0 Å². The van der Waals surface area contributed by atoms with Crippen LogP contribution in [0.4, 0.5) is 17.3 Å². The first-order chi connectivity index (χ1) is 11.0. The Morgan fingerprint density at radius 2 is 1.70 bits per heavy atom. The number of hydrogen-bond acceptors (Lipinski definition) is 5. The van der Waals surface area contributed by atoms with Crippen LogP contribution in [-0.4, -0.2) is 16.7 Å². The Hall–Kier alpha value is -3.16. The molecule has 0 bridgehead atoms. The zero-order valence-corrected chi connectivity index (χ0v) is 12.4. The molecular weight excluding hydrogens is 302 g/mol. The van der Waals surface area contributed by atoms with Gasteiger partial charge in [0, 0.05) is 17.8 Å². The molecule has 0 radical (unpaired) electrons. The van der Waals surface area contributed by atoms with Crippen LogP contribution in [-0.2, 0) is 4.79 Å². The molecule has 0 aliphatic heterocycles. The van der Waals surface area contributed by atoms with Crippen molar-refractivity contribution in [2.24, 2.45) is 0 Å². The zero-order valence-electron chi connectivity index (χ0n) is 12.4. The highest BCUT2D eigenvalue weighted by atomic mass is 16.6. The van der Waals surface area contributed by atoms with Gasteiger partial charge in [0.25, 0.3) is 5.91 Å². The van der Waals surface area contributed by atoms with Crippen LogP contribution in [0.1, 0.15) is 30.3 Å². The smallest absolute Gasteiger partial charge is 0.395 e. The summed E-state index contributed by atoms with van der Waals surface area (Å²) in [6.07, 6.45) is 1.20. The minimum Gasteiger partial charge on any atom is -0.395 e. The first kappa shape index (κ1) is 16.2. The maximum absolute atomic E-state index is 11.9. The highest BCUT2D eigenvalue weighted by Gasteiger charge is 2.17. The summed E-state index contributed by atoms with van der Waals surface area (Å²) in [6.45, 7) is 1.91. The molecule has 2 aromatic rings. The molecule has 8 heteroatoms. The minimum atomic E-state index is -0.718. The van der Waals surface area contributed by atoms with Gasteiger partial charge in [-0.15, -0.1) is 0 Å². The molecular formula is C15H15N3O5. The Balaban J connectivity index is 1.98. The summed E-state index contributed by atoms with van der Waals surface area (Å²) in [5.41, 5.74) is 1.10. The van der Waals surface area contributed by atoms with Gasteiger partial charge in [0.2, 0.25) is 5.91 Å². The first-order valence-electron chi connectivity index (χ1n) is 6.95. The number of carbonyl (C=O) groups excluding carboxylic acids is 2. The van der Waals surface area contributed by atoms with Crippen molar-refractivity contribution in [1.82, 2.24) is 0 Å². The van der Waals surface area contributed by atoms with E-state index in [0.717, 1.165) is 12.5 Å². The fourth-order valence-electron chi connectivity index (χ4n) is 1.83. The maximum atomic E-state index is 11.9. The van der Waals surface area contributed by atoms with E-state index in [-0.39, 0.29) is 11.7 Å². The second-order valence-corrected chi connectivity index (χ2v) is 4.72. The lowest BCUT2D eigenvalue weighted by Gasteiger charge is -2.06. The van der Waals surface area contributed by atoms with Crippen LogP contribution in [0.5, 0.6) is 0 Å². The van der Waals surface area contributed by atoms with Gasteiger partial charge in [-0.05, 0) is 36.8 Å². The third kappa shape index (κ3) is 4.40. The van der Waals surface area contributed by atoms with Gasteiger partial charge < -0.3 is 15.1 Å². The Morgan fingerprint density at radius 3 is 2.22 bits per heavy atom. The summed E-state index contributed by atoms with van der Waals surface area (Å²) in [6, 6.07) is 8.85. The number of nitrogens with zero attached hydrogens (tertiary/aromatic N) is 1. The number of benzene rings is 1. The molecule has 2 amide bonds. The van der Waals surface area contributed by atoms with Gasteiger partial charge in [0.1, 0.15) is 4.92 Å². The number of carbonyl (C=O) groups is 2. The molecule has 0 spiro atoms. The van der Waals surface area contributed by atoms with Crippen LogP contribution in [0.3, 0.4) is 0 Å². The fourth-order valence-corrected chi connectivity index (χ4v) is 1.83. The average molecular weight is 317 g/mol. The van der Waals surface area contributed by atoms with Crippen molar-refractivity contribution < 1.29 is 18.9 Å². The topological polar surface area (TPSA) is 114 Å². The SMILES string of the molecule is CCCC(=O)Nc1ccc(NC(=O)c2ccc([N+](=O)[O-])o2)cc1. The second kappa shape index (κ2) is 7.21. The summed E-state index contributed by atoms with van der Waals surface area (Å²) in [7, 11) is 0. The zero-order chi connectivity index (χ0) is 16.8. The number of furan rings is 1. The van der Waals surface area contributed by atoms with Gasteiger partial charge in [-0.2, -0.15) is 0 Å². The lowest BCUT2D eigenvalue weighted by atomic mass is 10.2. The van der Waals surface area contributed by atoms with Gasteiger partial charge in [-0.25, -0.2) is 0 Å². The van der Waals surface area contributed by atoms with E-state index in [1.54, 1.807) is 24.3 Å². The highest BCUT2D eigenvalue weighted by Crippen LogP contribution is 2.18. The largest absolute Gasteiger partial charge is 0.433 e. The first-order valence-corrected chi connectivity index (χ1v) is 6.95. The predicted octanol–water partition coefficient (Wildman–Crippen LogP) is 3.18. The number of rotatable bonds is 6. The summed E-state index contributed by atoms with van der Waals surface area (Å²) in [5, 5.41) is 15.8. The van der Waals surface area contributed by atoms with Gasteiger partial charge in [-0.1, -0.05) is 6.92 Å². The number of nitro groups is 1. The minimum absolute atomic E-state index is 0.0767. The van der Waals surface area contributed by atoms with E-state index < -0.39 is 16.7 Å². The summed E-state index contributed by atoms with van der Waals surface area (Å²) >= 11 is 0. The molecule has 2 N–H and O–H groups in total. The molecule has 8 nitrogen and oxygen atoms in total. The van der Waals surface area contributed by atoms with Gasteiger partial charge in [-0.3, -0.25) is 19.7 Å². The summed E-state index contributed by atoms with van der Waals surface area (Å²) < 4.78 is 4.81. The average Bonchev–Trinajstić information content (AvgIpc) is 3.00. The fraction of sp³-hybridized carbons (Fsp3) is 0.200. The van der Waals surface area contributed by atoms with E-state index in [9.17, 15) is 19.7 Å². The maximum Gasteiger partial charge on any atom is 0.433 e. The van der Waals surface area contributed by atoms with Crippen LogP contribution < -0.4 is 10.6 Å². The molecule has 0 saturated heterocycles. The normalized spacial score (nSPS) is 10.1. The molecule has 0 aliphatic carbocycles. The van der Waals surface area contributed by atoms with Crippen molar-refractivity contribution in [3.05, 3.63) is 52.3 Å². The second-order valence-electron chi connectivity index (χ2n) is 4.72. The van der Waals surface area contributed by atoms with Crippen molar-refractivity contribution in [3.8, 4) is 0 Å². The van der Waals surface area contributed by atoms with Crippen LogP contribution in [0.25, 0.3) is 0 Å². The Bertz CT molecular complexity index is 721. The molecule has 1 aromatic carbocycles. The van der Waals surface area contributed by atoms with Gasteiger partial charge in [0.05, 0.1) is 6.07 Å². The van der Waals surface area contributed by atoms with Crippen LogP contribution in [0, 0.1) is 10.1 Å². The third-order valence-electron chi connectivity index (χ3n) is 2.90. The van der Waals surface area contributed by atoms with Crippen molar-refractivity contribution in [3.63, 3.8) is 0 Å². The van der Waals surface area contributed by atoms with E-state index in [0.29, 0.717) is 17.8 Å². The third-order valence-corrected chi connectivity index (χ3v) is 2.90. The van der Waals surface area contributed by atoms with Crippen LogP contribution in [0.15, 0.2) is 40.8 Å². The molecule has 2 rings (SSSR count). The lowest BCUT2D eigenvalue weighted by Crippen LogP contribution is -2.12. The van der Waals surface area contributed by atoms with E-state index in [1.807, 2.05) is 6.92 Å². The van der Waals surface area contributed by atoms with Gasteiger partial charge >= 0.3 is 5.88 Å². The summed E-state index contributed by atoms with van der Waals surface area (Å²) in [5.74, 6) is -1.32. The van der Waals surface area contributed by atoms with E-state index in [4.69, 9.17) is 4.42 Å². The van der Waals surface area contributed by atoms with E-state index in [1.165, 1.54) is 6.07 Å². The predicted molar refractivity (Wildman–Crippen MR) is 83.3 cm³/mol. The van der Waals surface area contributed by atoms with Crippen molar-refractivity contribution in [2.75, 3.05) is 10.6 Å². The lowest BCUT2D eigenvalue weighted by molar-refractivity contribution is -0.402. The Kier molecular flexibility index (Phi) is 5.08. The van der Waals surface area contributed by atoms with Crippen LogP contribution in [0.2, 0.25) is 0 Å². The van der Waals surface area contributed by atoms with E-state index >= 15 is 0 Å². The van der Waals surface area contributed by atoms with E-state index in [2.05, 4.69) is 10.6 Å². The molecule has 0 unspecified atom stereocenters. The molecule has 0 aliphatic rings. The summed E-state index contributed by atoms with van der Waals surface area (Å²) in [4.78, 5) is 33.2. The van der Waals surface area contributed by atoms with Crippen molar-refractivity contribution >= 4 is 29.1 Å². The molecule has 1 aromatic heterocycles. The van der Waals surface area contributed by atoms with Crippen molar-refractivity contribution in [1.29, 1.82) is 0 Å². The molecule has 0 saturated carbocycles. The number of anilines is 2. The number of hydrogen-bond donors (Lipinski definition) is 2. The van der Waals surface area contributed by atoms with Gasteiger partial charge in [0.15, 0.2) is 5.76 Å². The molecule has 120 valence electrons. The highest BCUT2D eigenvalue weighted by molar-refractivity contribution is 6.02. The molecule has 1 heterocycles. The molecule has 23 heavy (non-hydrogen) atoms. The monoisotopic (exact) mass is 317 g/mol. The Labute approximate surface area is 131 Å². The van der Waals surface area contributed by atoms with Crippen molar-refractivity contribution in [2.45, 2.75) is 19.8 Å².